The van der Waals surface area contributed by atoms with E-state index in [-0.39, 0.29) is 11.7 Å². The van der Waals surface area contributed by atoms with E-state index < -0.39 is 0 Å². The first kappa shape index (κ1) is 9.01. The van der Waals surface area contributed by atoms with Crippen molar-refractivity contribution < 1.29 is 4.79 Å². The van der Waals surface area contributed by atoms with Crippen LogP contribution in [0.25, 0.3) is 0 Å². The molecule has 0 radical (unpaired) electrons. The predicted octanol–water partition coefficient (Wildman–Crippen LogP) is -0.963. The fourth-order valence-electron chi connectivity index (χ4n) is 1.50. The molecule has 1 aliphatic heterocycles. The van der Waals surface area contributed by atoms with E-state index in [2.05, 4.69) is 15.3 Å². The zero-order valence-corrected chi connectivity index (χ0v) is 7.79. The van der Waals surface area contributed by atoms with E-state index in [1.54, 1.807) is 4.90 Å². The monoisotopic (exact) mass is 195 g/mol. The molecule has 76 valence electrons. The molecule has 0 saturated carbocycles. The van der Waals surface area contributed by atoms with Crippen molar-refractivity contribution in [2.24, 2.45) is 0 Å². The van der Waals surface area contributed by atoms with Gasteiger partial charge in [0.25, 0.3) is 5.91 Å². The van der Waals surface area contributed by atoms with E-state index in [0.29, 0.717) is 5.69 Å². The Labute approximate surface area is 81.5 Å². The van der Waals surface area contributed by atoms with Crippen molar-refractivity contribution in [1.29, 1.82) is 0 Å². The van der Waals surface area contributed by atoms with Crippen LogP contribution < -0.4 is 11.1 Å². The number of aromatic amines is 1. The summed E-state index contributed by atoms with van der Waals surface area (Å²) < 4.78 is 0. The number of nitrogens with two attached hydrogens (primary N) is 1. The molecule has 4 N–H and O–H groups in total. The van der Waals surface area contributed by atoms with Crippen molar-refractivity contribution in [3.8, 4) is 0 Å². The van der Waals surface area contributed by atoms with Crippen LogP contribution in [-0.4, -0.2) is 47.0 Å². The van der Waals surface area contributed by atoms with Gasteiger partial charge in [0.05, 0.1) is 6.33 Å². The molecular weight excluding hydrogens is 182 g/mol. The van der Waals surface area contributed by atoms with Gasteiger partial charge in [-0.25, -0.2) is 4.98 Å². The number of piperazine rings is 1. The number of anilines is 1. The number of hydrogen-bond acceptors (Lipinski definition) is 4. The minimum Gasteiger partial charge on any atom is -0.382 e. The molecule has 6 nitrogen and oxygen atoms in total. The summed E-state index contributed by atoms with van der Waals surface area (Å²) in [6.45, 7) is 3.11. The smallest absolute Gasteiger partial charge is 0.274 e. The first-order valence-corrected chi connectivity index (χ1v) is 4.58. The number of imidazole rings is 1. The molecular formula is C8H13N5O. The highest BCUT2D eigenvalue weighted by molar-refractivity contribution is 5.96. The molecule has 0 aliphatic carbocycles. The third kappa shape index (κ3) is 1.56. The van der Waals surface area contributed by atoms with Gasteiger partial charge in [-0.2, -0.15) is 0 Å². The fraction of sp³-hybridized carbons (Fsp3) is 0.500. The van der Waals surface area contributed by atoms with E-state index >= 15 is 0 Å². The molecule has 2 heterocycles. The van der Waals surface area contributed by atoms with E-state index in [9.17, 15) is 4.79 Å². The van der Waals surface area contributed by atoms with Crippen molar-refractivity contribution in [3.05, 3.63) is 12.0 Å². The third-order valence-electron chi connectivity index (χ3n) is 2.29. The first-order valence-electron chi connectivity index (χ1n) is 4.58. The standard InChI is InChI=1S/C8H13N5O/c9-7-6(11-5-12-7)8(14)13-3-1-10-2-4-13/h5,10H,1-4,9H2,(H,11,12). The molecule has 0 unspecified atom stereocenters. The molecule has 0 atom stereocenters. The lowest BCUT2D eigenvalue weighted by Crippen LogP contribution is -2.46. The molecule has 1 aromatic heterocycles. The lowest BCUT2D eigenvalue weighted by atomic mass is 10.3. The molecule has 1 fully saturated rings. The SMILES string of the molecule is Nc1nc[nH]c1C(=O)N1CCNCC1. The van der Waals surface area contributed by atoms with Crippen LogP contribution in [0.4, 0.5) is 5.82 Å². The number of H-pyrrole nitrogens is 1. The Balaban J connectivity index is 2.11. The van der Waals surface area contributed by atoms with Crippen LogP contribution in [0.1, 0.15) is 10.5 Å². The van der Waals surface area contributed by atoms with Gasteiger partial charge in [0.2, 0.25) is 0 Å². The molecule has 1 amide bonds. The highest BCUT2D eigenvalue weighted by Crippen LogP contribution is 2.08. The number of nitrogens with zero attached hydrogens (tertiary/aromatic N) is 2. The Hall–Kier alpha value is -1.56. The van der Waals surface area contributed by atoms with Gasteiger partial charge in [-0.05, 0) is 0 Å². The number of hydrogen-bond donors (Lipinski definition) is 3. The number of nitrogens with one attached hydrogen (secondary N) is 2. The maximum atomic E-state index is 11.8. The van der Waals surface area contributed by atoms with Gasteiger partial charge < -0.3 is 20.9 Å². The predicted molar refractivity (Wildman–Crippen MR) is 51.8 cm³/mol. The van der Waals surface area contributed by atoms with Crippen LogP contribution >= 0.6 is 0 Å². The van der Waals surface area contributed by atoms with E-state index in [1.165, 1.54) is 6.33 Å². The molecule has 0 bridgehead atoms. The Morgan fingerprint density at radius 2 is 2.21 bits per heavy atom. The van der Waals surface area contributed by atoms with Crippen LogP contribution in [0, 0.1) is 0 Å². The summed E-state index contributed by atoms with van der Waals surface area (Å²) in [7, 11) is 0. The van der Waals surface area contributed by atoms with Crippen molar-refractivity contribution in [3.63, 3.8) is 0 Å². The largest absolute Gasteiger partial charge is 0.382 e. The minimum absolute atomic E-state index is 0.0681. The van der Waals surface area contributed by atoms with Gasteiger partial charge in [-0.1, -0.05) is 0 Å². The van der Waals surface area contributed by atoms with Gasteiger partial charge in [0.1, 0.15) is 5.69 Å². The third-order valence-corrected chi connectivity index (χ3v) is 2.29. The normalized spacial score (nSPS) is 17.0. The quantitative estimate of drug-likeness (QED) is 0.538. The second kappa shape index (κ2) is 3.67. The molecule has 1 saturated heterocycles. The van der Waals surface area contributed by atoms with Crippen molar-refractivity contribution in [1.82, 2.24) is 20.2 Å². The Morgan fingerprint density at radius 3 is 2.79 bits per heavy atom. The van der Waals surface area contributed by atoms with Crippen LogP contribution in [0.5, 0.6) is 0 Å². The number of amides is 1. The van der Waals surface area contributed by atoms with Crippen LogP contribution in [0.2, 0.25) is 0 Å². The summed E-state index contributed by atoms with van der Waals surface area (Å²) in [5.74, 6) is 0.204. The van der Waals surface area contributed by atoms with Gasteiger partial charge in [0.15, 0.2) is 5.82 Å². The molecule has 6 heteroatoms. The summed E-state index contributed by atoms with van der Waals surface area (Å²) >= 11 is 0. The van der Waals surface area contributed by atoms with Gasteiger partial charge in [-0.15, -0.1) is 0 Å². The van der Waals surface area contributed by atoms with Gasteiger partial charge >= 0.3 is 0 Å². The van der Waals surface area contributed by atoms with E-state index in [0.717, 1.165) is 26.2 Å². The number of nitrogen functional groups attached to an aromatic ring is 1. The highest BCUT2D eigenvalue weighted by Gasteiger charge is 2.20. The second-order valence-corrected chi connectivity index (χ2v) is 3.20. The van der Waals surface area contributed by atoms with E-state index in [1.807, 2.05) is 0 Å². The summed E-state index contributed by atoms with van der Waals surface area (Å²) in [4.78, 5) is 20.1. The molecule has 1 aliphatic rings. The topological polar surface area (TPSA) is 87.0 Å². The van der Waals surface area contributed by atoms with Crippen molar-refractivity contribution in [2.45, 2.75) is 0 Å². The lowest BCUT2D eigenvalue weighted by molar-refractivity contribution is 0.0731. The second-order valence-electron chi connectivity index (χ2n) is 3.20. The van der Waals surface area contributed by atoms with Gasteiger partial charge in [0, 0.05) is 26.2 Å². The molecule has 0 aromatic carbocycles. The number of carbonyl (C=O) groups excluding carboxylic acids is 1. The van der Waals surface area contributed by atoms with Crippen LogP contribution in [0.3, 0.4) is 0 Å². The Bertz CT molecular complexity index is 328. The van der Waals surface area contributed by atoms with Crippen molar-refractivity contribution in [2.75, 3.05) is 31.9 Å². The maximum absolute atomic E-state index is 11.8. The van der Waals surface area contributed by atoms with E-state index in [4.69, 9.17) is 5.73 Å². The average molecular weight is 195 g/mol. The fourth-order valence-corrected chi connectivity index (χ4v) is 1.50. The first-order chi connectivity index (χ1) is 6.79. The Kier molecular flexibility index (Phi) is 2.36. The van der Waals surface area contributed by atoms with Crippen LogP contribution in [-0.2, 0) is 0 Å². The van der Waals surface area contributed by atoms with Crippen LogP contribution in [0.15, 0.2) is 6.33 Å². The molecule has 1 aromatic rings. The lowest BCUT2D eigenvalue weighted by Gasteiger charge is -2.26. The number of rotatable bonds is 1. The zero-order valence-electron chi connectivity index (χ0n) is 7.79. The molecule has 0 spiro atoms. The molecule has 2 rings (SSSR count). The summed E-state index contributed by atoms with van der Waals surface area (Å²) in [6.07, 6.45) is 1.44. The highest BCUT2D eigenvalue weighted by atomic mass is 16.2. The van der Waals surface area contributed by atoms with Crippen molar-refractivity contribution >= 4 is 11.7 Å². The average Bonchev–Trinajstić information content (AvgIpc) is 2.65. The zero-order chi connectivity index (χ0) is 9.97. The summed E-state index contributed by atoms with van der Waals surface area (Å²) in [5.41, 5.74) is 5.94. The maximum Gasteiger partial charge on any atom is 0.274 e. The summed E-state index contributed by atoms with van der Waals surface area (Å²) in [6, 6.07) is 0. The number of aromatic nitrogens is 2. The van der Waals surface area contributed by atoms with Gasteiger partial charge in [-0.3, -0.25) is 4.79 Å². The summed E-state index contributed by atoms with van der Waals surface area (Å²) in [5, 5.41) is 3.18. The Morgan fingerprint density at radius 1 is 1.50 bits per heavy atom. The number of carbonyl (C=O) groups is 1. The minimum atomic E-state index is -0.0681. The molecule has 14 heavy (non-hydrogen) atoms.